The highest BCUT2D eigenvalue weighted by atomic mass is 15.1. The van der Waals surface area contributed by atoms with Crippen LogP contribution in [0.15, 0.2) is 6.20 Å². The van der Waals surface area contributed by atoms with Gasteiger partial charge in [0.15, 0.2) is 5.65 Å². The zero-order valence-electron chi connectivity index (χ0n) is 10.5. The first-order chi connectivity index (χ1) is 7.39. The van der Waals surface area contributed by atoms with Crippen LogP contribution >= 0.6 is 0 Å². The monoisotopic (exact) mass is 218 g/mol. The Kier molecular flexibility index (Phi) is 2.45. The lowest BCUT2D eigenvalue weighted by Gasteiger charge is -2.19. The average Bonchev–Trinajstić information content (AvgIpc) is 2.61. The van der Waals surface area contributed by atoms with Gasteiger partial charge in [-0.15, -0.1) is 0 Å². The number of H-pyrrole nitrogens is 1. The van der Waals surface area contributed by atoms with Gasteiger partial charge in [0.1, 0.15) is 5.82 Å². The second-order valence-corrected chi connectivity index (χ2v) is 5.47. The lowest BCUT2D eigenvalue weighted by atomic mass is 9.90. The van der Waals surface area contributed by atoms with Crippen molar-refractivity contribution in [3.8, 4) is 0 Å². The Morgan fingerprint density at radius 1 is 1.19 bits per heavy atom. The molecule has 0 aliphatic rings. The van der Waals surface area contributed by atoms with Gasteiger partial charge in [-0.1, -0.05) is 34.6 Å². The standard InChI is InChI=1S/C12H18N4/c1-7(2)10-14-9(12(3,4)5)8-6-13-16-11(8)15-10/h6-7H,1-5H3,(H,13,14,15,16). The Morgan fingerprint density at radius 3 is 2.44 bits per heavy atom. The van der Waals surface area contributed by atoms with E-state index in [0.717, 1.165) is 22.6 Å². The molecule has 2 heterocycles. The minimum atomic E-state index is 0.00863. The third-order valence-electron chi connectivity index (χ3n) is 2.55. The molecule has 0 aliphatic carbocycles. The quantitative estimate of drug-likeness (QED) is 0.800. The van der Waals surface area contributed by atoms with E-state index in [1.807, 2.05) is 0 Å². The normalized spacial score (nSPS) is 12.6. The highest BCUT2D eigenvalue weighted by Gasteiger charge is 2.22. The summed E-state index contributed by atoms with van der Waals surface area (Å²) in [6.45, 7) is 10.7. The molecule has 2 aromatic rings. The first kappa shape index (κ1) is 11.0. The molecule has 16 heavy (non-hydrogen) atoms. The lowest BCUT2D eigenvalue weighted by molar-refractivity contribution is 0.566. The number of aromatic nitrogens is 4. The van der Waals surface area contributed by atoms with Gasteiger partial charge in [-0.25, -0.2) is 9.97 Å². The van der Waals surface area contributed by atoms with E-state index in [4.69, 9.17) is 0 Å². The molecule has 0 radical (unpaired) electrons. The summed E-state index contributed by atoms with van der Waals surface area (Å²) in [6.07, 6.45) is 1.81. The van der Waals surface area contributed by atoms with E-state index in [9.17, 15) is 0 Å². The van der Waals surface area contributed by atoms with Crippen molar-refractivity contribution in [3.05, 3.63) is 17.7 Å². The summed E-state index contributed by atoms with van der Waals surface area (Å²) < 4.78 is 0. The molecular weight excluding hydrogens is 200 g/mol. The van der Waals surface area contributed by atoms with Crippen molar-refractivity contribution in [1.29, 1.82) is 0 Å². The summed E-state index contributed by atoms with van der Waals surface area (Å²) in [4.78, 5) is 9.15. The summed E-state index contributed by atoms with van der Waals surface area (Å²) in [7, 11) is 0. The molecule has 0 fully saturated rings. The summed E-state index contributed by atoms with van der Waals surface area (Å²) in [5, 5.41) is 8.00. The molecule has 0 unspecified atom stereocenters. The molecule has 0 saturated heterocycles. The Hall–Kier alpha value is -1.45. The maximum atomic E-state index is 4.67. The van der Waals surface area contributed by atoms with Crippen molar-refractivity contribution < 1.29 is 0 Å². The van der Waals surface area contributed by atoms with Crippen LogP contribution in [0.4, 0.5) is 0 Å². The lowest BCUT2D eigenvalue weighted by Crippen LogP contribution is -2.16. The van der Waals surface area contributed by atoms with E-state index >= 15 is 0 Å². The highest BCUT2D eigenvalue weighted by Crippen LogP contribution is 2.27. The predicted octanol–water partition coefficient (Wildman–Crippen LogP) is 2.77. The van der Waals surface area contributed by atoms with Crippen molar-refractivity contribution in [2.24, 2.45) is 0 Å². The topological polar surface area (TPSA) is 54.5 Å². The fourth-order valence-corrected chi connectivity index (χ4v) is 1.68. The Labute approximate surface area is 95.5 Å². The Balaban J connectivity index is 2.74. The first-order valence-corrected chi connectivity index (χ1v) is 5.61. The molecule has 86 valence electrons. The first-order valence-electron chi connectivity index (χ1n) is 5.61. The molecule has 2 rings (SSSR count). The highest BCUT2D eigenvalue weighted by molar-refractivity contribution is 5.77. The van der Waals surface area contributed by atoms with Crippen LogP contribution in [-0.2, 0) is 5.41 Å². The summed E-state index contributed by atoms with van der Waals surface area (Å²) >= 11 is 0. The Bertz CT molecular complexity index is 505. The molecule has 0 spiro atoms. The van der Waals surface area contributed by atoms with Gasteiger partial charge < -0.3 is 0 Å². The number of nitrogens with zero attached hydrogens (tertiary/aromatic N) is 3. The number of rotatable bonds is 1. The summed E-state index contributed by atoms with van der Waals surface area (Å²) in [5.41, 5.74) is 1.91. The van der Waals surface area contributed by atoms with Gasteiger partial charge in [-0.2, -0.15) is 5.10 Å². The molecule has 4 nitrogen and oxygen atoms in total. The van der Waals surface area contributed by atoms with E-state index in [0.29, 0.717) is 5.92 Å². The number of fused-ring (bicyclic) bond motifs is 1. The van der Waals surface area contributed by atoms with Crippen molar-refractivity contribution in [1.82, 2.24) is 20.2 Å². The van der Waals surface area contributed by atoms with Crippen LogP contribution in [0.5, 0.6) is 0 Å². The van der Waals surface area contributed by atoms with Crippen molar-refractivity contribution in [2.75, 3.05) is 0 Å². The van der Waals surface area contributed by atoms with Crippen LogP contribution in [0.25, 0.3) is 11.0 Å². The molecular formula is C12H18N4. The van der Waals surface area contributed by atoms with E-state index in [1.165, 1.54) is 0 Å². The maximum Gasteiger partial charge on any atom is 0.159 e. The molecule has 1 N–H and O–H groups in total. The van der Waals surface area contributed by atoms with Crippen LogP contribution < -0.4 is 0 Å². The molecule has 0 amide bonds. The van der Waals surface area contributed by atoms with E-state index < -0.39 is 0 Å². The number of aromatic amines is 1. The third kappa shape index (κ3) is 1.79. The second kappa shape index (κ2) is 3.54. The van der Waals surface area contributed by atoms with Gasteiger partial charge in [0, 0.05) is 11.3 Å². The number of nitrogens with one attached hydrogen (secondary N) is 1. The third-order valence-corrected chi connectivity index (χ3v) is 2.55. The van der Waals surface area contributed by atoms with Gasteiger partial charge in [0.05, 0.1) is 17.3 Å². The Morgan fingerprint density at radius 2 is 1.88 bits per heavy atom. The zero-order valence-corrected chi connectivity index (χ0v) is 10.5. The fraction of sp³-hybridized carbons (Fsp3) is 0.583. The van der Waals surface area contributed by atoms with Gasteiger partial charge >= 0.3 is 0 Å². The predicted molar refractivity (Wildman–Crippen MR) is 64.5 cm³/mol. The van der Waals surface area contributed by atoms with E-state index in [-0.39, 0.29) is 5.41 Å². The summed E-state index contributed by atoms with van der Waals surface area (Å²) in [6, 6.07) is 0. The zero-order chi connectivity index (χ0) is 11.9. The van der Waals surface area contributed by atoms with Gasteiger partial charge in [0.25, 0.3) is 0 Å². The molecule has 4 heteroatoms. The molecule has 0 aromatic carbocycles. The largest absolute Gasteiger partial charge is 0.261 e. The van der Waals surface area contributed by atoms with Gasteiger partial charge in [0.2, 0.25) is 0 Å². The fourth-order valence-electron chi connectivity index (χ4n) is 1.68. The minimum Gasteiger partial charge on any atom is -0.261 e. The molecule has 0 atom stereocenters. The summed E-state index contributed by atoms with van der Waals surface area (Å²) in [5.74, 6) is 1.20. The van der Waals surface area contributed by atoms with Gasteiger partial charge in [-0.05, 0) is 0 Å². The van der Waals surface area contributed by atoms with Crippen LogP contribution in [0.3, 0.4) is 0 Å². The second-order valence-electron chi connectivity index (χ2n) is 5.47. The van der Waals surface area contributed by atoms with Crippen molar-refractivity contribution >= 4 is 11.0 Å². The molecule has 0 aliphatic heterocycles. The van der Waals surface area contributed by atoms with Crippen molar-refractivity contribution in [2.45, 2.75) is 46.0 Å². The van der Waals surface area contributed by atoms with Gasteiger partial charge in [-0.3, -0.25) is 5.10 Å². The number of hydrogen-bond donors (Lipinski definition) is 1. The minimum absolute atomic E-state index is 0.00863. The molecule has 2 aromatic heterocycles. The van der Waals surface area contributed by atoms with E-state index in [2.05, 4.69) is 54.8 Å². The molecule has 0 bridgehead atoms. The van der Waals surface area contributed by atoms with Crippen LogP contribution in [0, 0.1) is 0 Å². The number of hydrogen-bond acceptors (Lipinski definition) is 3. The molecule has 0 saturated carbocycles. The van der Waals surface area contributed by atoms with Crippen molar-refractivity contribution in [3.63, 3.8) is 0 Å². The average molecular weight is 218 g/mol. The smallest absolute Gasteiger partial charge is 0.159 e. The van der Waals surface area contributed by atoms with Crippen LogP contribution in [0.1, 0.15) is 52.1 Å². The van der Waals surface area contributed by atoms with Crippen LogP contribution in [-0.4, -0.2) is 20.2 Å². The SMILES string of the molecule is CC(C)c1nc(C(C)(C)C)c2cn[nH]c2n1. The maximum absolute atomic E-state index is 4.67. The van der Waals surface area contributed by atoms with Crippen LogP contribution in [0.2, 0.25) is 0 Å². The van der Waals surface area contributed by atoms with E-state index in [1.54, 1.807) is 6.20 Å².